The molecule has 4 aromatic rings. The number of fused-ring (bicyclic) bond motifs is 3. The second kappa shape index (κ2) is 8.90. The number of hydrogen-bond donors (Lipinski definition) is 2. The summed E-state index contributed by atoms with van der Waals surface area (Å²) in [5, 5.41) is 4.29. The van der Waals surface area contributed by atoms with Crippen molar-refractivity contribution in [2.75, 3.05) is 25.6 Å². The van der Waals surface area contributed by atoms with Gasteiger partial charge in [0.1, 0.15) is 11.5 Å². The molecule has 6 nitrogen and oxygen atoms in total. The summed E-state index contributed by atoms with van der Waals surface area (Å²) in [5.74, 6) is 1.45. The fourth-order valence-corrected chi connectivity index (χ4v) is 4.63. The van der Waals surface area contributed by atoms with Crippen LogP contribution in [0.5, 0.6) is 11.5 Å². The van der Waals surface area contributed by atoms with Crippen LogP contribution in [0.2, 0.25) is 0 Å². The number of nitrogens with one attached hydrogen (secondary N) is 2. The molecule has 0 bridgehead atoms. The molecule has 0 aliphatic carbocycles. The molecular weight excluding hydrogens is 414 g/mol. The molecule has 1 atom stereocenters. The molecule has 0 saturated heterocycles. The number of aromatic amines is 1. The van der Waals surface area contributed by atoms with Crippen LogP contribution in [0.3, 0.4) is 0 Å². The van der Waals surface area contributed by atoms with Crippen LogP contribution in [0.4, 0.5) is 10.5 Å². The van der Waals surface area contributed by atoms with Crippen molar-refractivity contribution in [1.29, 1.82) is 0 Å². The predicted molar refractivity (Wildman–Crippen MR) is 130 cm³/mol. The number of H-pyrrole nitrogens is 1. The van der Waals surface area contributed by atoms with Crippen molar-refractivity contribution in [3.63, 3.8) is 0 Å². The topological polar surface area (TPSA) is 66.6 Å². The monoisotopic (exact) mass is 441 g/mol. The van der Waals surface area contributed by atoms with Gasteiger partial charge in [0.2, 0.25) is 0 Å². The molecule has 0 radical (unpaired) electrons. The zero-order valence-corrected chi connectivity index (χ0v) is 18.8. The van der Waals surface area contributed by atoms with Crippen molar-refractivity contribution >= 4 is 22.6 Å². The molecule has 3 aromatic carbocycles. The SMILES string of the molecule is CCOc1ccccc1NC(=O)N1CCc2c([nH]c3ccccc23)C1c1ccc(OC)cc1. The zero-order valence-electron chi connectivity index (χ0n) is 18.8. The molecule has 2 amide bonds. The molecule has 6 heteroatoms. The molecule has 0 fully saturated rings. The Morgan fingerprint density at radius 3 is 2.61 bits per heavy atom. The molecule has 1 aliphatic rings. The number of aromatic nitrogens is 1. The number of hydrogen-bond acceptors (Lipinski definition) is 3. The highest BCUT2D eigenvalue weighted by atomic mass is 16.5. The maximum Gasteiger partial charge on any atom is 0.322 e. The van der Waals surface area contributed by atoms with Crippen LogP contribution in [0.1, 0.15) is 29.8 Å². The number of para-hydroxylation sites is 3. The van der Waals surface area contributed by atoms with Crippen molar-refractivity contribution in [1.82, 2.24) is 9.88 Å². The van der Waals surface area contributed by atoms with E-state index in [4.69, 9.17) is 9.47 Å². The van der Waals surface area contributed by atoms with Crippen LogP contribution in [-0.2, 0) is 6.42 Å². The number of amides is 2. The maximum absolute atomic E-state index is 13.6. The summed E-state index contributed by atoms with van der Waals surface area (Å²) in [7, 11) is 1.65. The largest absolute Gasteiger partial charge is 0.497 e. The van der Waals surface area contributed by atoms with Crippen molar-refractivity contribution in [3.05, 3.63) is 89.6 Å². The number of ether oxygens (including phenoxy) is 2. The van der Waals surface area contributed by atoms with E-state index in [1.807, 2.05) is 66.4 Å². The first-order valence-corrected chi connectivity index (χ1v) is 11.2. The number of carbonyl (C=O) groups excluding carboxylic acids is 1. The molecule has 1 unspecified atom stereocenters. The lowest BCUT2D eigenvalue weighted by Crippen LogP contribution is -2.43. The van der Waals surface area contributed by atoms with Gasteiger partial charge in [0.15, 0.2) is 0 Å². The summed E-state index contributed by atoms with van der Waals surface area (Å²) in [6.45, 7) is 3.07. The fraction of sp³-hybridized carbons (Fsp3) is 0.222. The highest BCUT2D eigenvalue weighted by Gasteiger charge is 2.34. The van der Waals surface area contributed by atoms with Gasteiger partial charge < -0.3 is 24.7 Å². The van der Waals surface area contributed by atoms with E-state index in [-0.39, 0.29) is 12.1 Å². The summed E-state index contributed by atoms with van der Waals surface area (Å²) in [4.78, 5) is 19.1. The Labute approximate surface area is 193 Å². The first-order chi connectivity index (χ1) is 16.2. The maximum atomic E-state index is 13.6. The summed E-state index contributed by atoms with van der Waals surface area (Å²) in [6.07, 6.45) is 0.784. The summed E-state index contributed by atoms with van der Waals surface area (Å²) < 4.78 is 11.1. The van der Waals surface area contributed by atoms with Crippen LogP contribution in [0.25, 0.3) is 10.9 Å². The quantitative estimate of drug-likeness (QED) is 0.414. The third-order valence-electron chi connectivity index (χ3n) is 6.16. The van der Waals surface area contributed by atoms with Gasteiger partial charge in [-0.25, -0.2) is 4.79 Å². The van der Waals surface area contributed by atoms with Gasteiger partial charge in [-0.1, -0.05) is 42.5 Å². The van der Waals surface area contributed by atoms with Crippen molar-refractivity contribution in [2.24, 2.45) is 0 Å². The van der Waals surface area contributed by atoms with Crippen molar-refractivity contribution < 1.29 is 14.3 Å². The molecular formula is C27H27N3O3. The Hall–Kier alpha value is -3.93. The van der Waals surface area contributed by atoms with Gasteiger partial charge in [-0.2, -0.15) is 0 Å². The lowest BCUT2D eigenvalue weighted by Gasteiger charge is -2.36. The average Bonchev–Trinajstić information content (AvgIpc) is 3.23. The molecule has 1 aromatic heterocycles. The molecule has 168 valence electrons. The Balaban J connectivity index is 1.55. The number of rotatable bonds is 5. The molecule has 5 rings (SSSR count). The zero-order chi connectivity index (χ0) is 22.8. The second-order valence-electron chi connectivity index (χ2n) is 8.04. The first-order valence-electron chi connectivity index (χ1n) is 11.2. The first kappa shape index (κ1) is 20.9. The lowest BCUT2D eigenvalue weighted by molar-refractivity contribution is 0.193. The van der Waals surface area contributed by atoms with E-state index < -0.39 is 0 Å². The number of methoxy groups -OCH3 is 1. The van der Waals surface area contributed by atoms with Gasteiger partial charge in [-0.05, 0) is 54.8 Å². The fourth-order valence-electron chi connectivity index (χ4n) is 4.63. The molecule has 0 saturated carbocycles. The van der Waals surface area contributed by atoms with Crippen LogP contribution >= 0.6 is 0 Å². The molecule has 2 heterocycles. The van der Waals surface area contributed by atoms with Gasteiger partial charge in [0.05, 0.1) is 25.4 Å². The Bertz CT molecular complexity index is 1280. The Morgan fingerprint density at radius 2 is 1.82 bits per heavy atom. The third-order valence-corrected chi connectivity index (χ3v) is 6.16. The van der Waals surface area contributed by atoms with E-state index in [1.165, 1.54) is 10.9 Å². The van der Waals surface area contributed by atoms with E-state index in [2.05, 4.69) is 28.5 Å². The van der Waals surface area contributed by atoms with Crippen molar-refractivity contribution in [2.45, 2.75) is 19.4 Å². The average molecular weight is 442 g/mol. The lowest BCUT2D eigenvalue weighted by atomic mass is 9.92. The highest BCUT2D eigenvalue weighted by molar-refractivity contribution is 5.92. The second-order valence-corrected chi connectivity index (χ2v) is 8.04. The van der Waals surface area contributed by atoms with Gasteiger partial charge in [0.25, 0.3) is 0 Å². The number of carbonyl (C=O) groups is 1. The minimum absolute atomic E-state index is 0.160. The number of nitrogens with zero attached hydrogens (tertiary/aromatic N) is 1. The van der Waals surface area contributed by atoms with E-state index >= 15 is 0 Å². The van der Waals surface area contributed by atoms with Crippen LogP contribution in [0, 0.1) is 0 Å². The van der Waals surface area contributed by atoms with Gasteiger partial charge in [-0.3, -0.25) is 0 Å². The molecule has 0 spiro atoms. The summed E-state index contributed by atoms with van der Waals surface area (Å²) >= 11 is 0. The Kier molecular flexibility index (Phi) is 5.65. The van der Waals surface area contributed by atoms with Gasteiger partial charge >= 0.3 is 6.03 Å². The normalized spacial score (nSPS) is 15.2. The molecule has 2 N–H and O–H groups in total. The van der Waals surface area contributed by atoms with Gasteiger partial charge in [-0.15, -0.1) is 0 Å². The minimum Gasteiger partial charge on any atom is -0.497 e. The van der Waals surface area contributed by atoms with E-state index in [1.54, 1.807) is 7.11 Å². The smallest absolute Gasteiger partial charge is 0.322 e. The van der Waals surface area contributed by atoms with Crippen molar-refractivity contribution in [3.8, 4) is 11.5 Å². The predicted octanol–water partition coefficient (Wildman–Crippen LogP) is 5.75. The Morgan fingerprint density at radius 1 is 1.06 bits per heavy atom. The number of benzene rings is 3. The number of anilines is 1. The molecule has 1 aliphatic heterocycles. The van der Waals surface area contributed by atoms with Gasteiger partial charge in [0, 0.05) is 23.1 Å². The van der Waals surface area contributed by atoms with Crippen LogP contribution in [-0.4, -0.2) is 36.2 Å². The van der Waals surface area contributed by atoms with E-state index in [9.17, 15) is 4.79 Å². The summed E-state index contributed by atoms with van der Waals surface area (Å²) in [5.41, 5.74) is 5.10. The highest BCUT2D eigenvalue weighted by Crippen LogP contribution is 2.39. The number of urea groups is 1. The van der Waals surface area contributed by atoms with E-state index in [0.29, 0.717) is 24.6 Å². The summed E-state index contributed by atoms with van der Waals surface area (Å²) in [6, 6.07) is 23.4. The van der Waals surface area contributed by atoms with Crippen LogP contribution < -0.4 is 14.8 Å². The molecule has 33 heavy (non-hydrogen) atoms. The standard InChI is InChI=1S/C27H27N3O3/c1-3-33-24-11-7-6-10-23(24)29-27(31)30-17-16-21-20-8-4-5-9-22(20)28-25(21)26(30)18-12-14-19(32-2)15-13-18/h4-15,26,28H,3,16-17H2,1-2H3,(H,29,31). The minimum atomic E-state index is -0.244. The van der Waals surface area contributed by atoms with E-state index in [0.717, 1.165) is 28.9 Å². The van der Waals surface area contributed by atoms with Crippen LogP contribution in [0.15, 0.2) is 72.8 Å². The third kappa shape index (κ3) is 3.89.